The van der Waals surface area contributed by atoms with Crippen molar-refractivity contribution >= 4 is 11.6 Å². The standard InChI is InChI=1S/C21H24N2O4/c1-25-18-13-20-19(26-10-11-27-20)12-16(18)14-22-21(24)15-4-6-17(7-5-15)23-8-2-3-9-23/h4-7,12-13H,2-3,8-11,14H2,1H3,(H,22,24). The van der Waals surface area contributed by atoms with Gasteiger partial charge >= 0.3 is 0 Å². The van der Waals surface area contributed by atoms with E-state index in [4.69, 9.17) is 14.2 Å². The molecule has 1 saturated heterocycles. The van der Waals surface area contributed by atoms with Crippen LogP contribution in [0.1, 0.15) is 28.8 Å². The Hall–Kier alpha value is -2.89. The number of carbonyl (C=O) groups excluding carboxylic acids is 1. The Balaban J connectivity index is 1.43. The third kappa shape index (κ3) is 3.79. The molecule has 142 valence electrons. The van der Waals surface area contributed by atoms with E-state index in [0.29, 0.717) is 42.6 Å². The highest BCUT2D eigenvalue weighted by Gasteiger charge is 2.17. The quantitative estimate of drug-likeness (QED) is 0.879. The van der Waals surface area contributed by atoms with Crippen LogP contribution in [0.5, 0.6) is 17.2 Å². The lowest BCUT2D eigenvalue weighted by molar-refractivity contribution is 0.0950. The van der Waals surface area contributed by atoms with Gasteiger partial charge in [0.15, 0.2) is 11.5 Å². The summed E-state index contributed by atoms with van der Waals surface area (Å²) < 4.78 is 16.6. The molecule has 0 spiro atoms. The molecule has 2 aromatic carbocycles. The highest BCUT2D eigenvalue weighted by atomic mass is 16.6. The molecule has 1 fully saturated rings. The first-order chi connectivity index (χ1) is 13.2. The Morgan fingerprint density at radius 1 is 1.07 bits per heavy atom. The van der Waals surface area contributed by atoms with E-state index in [1.807, 2.05) is 30.3 Å². The number of ether oxygens (including phenoxy) is 3. The highest BCUT2D eigenvalue weighted by Crippen LogP contribution is 2.36. The van der Waals surface area contributed by atoms with Crippen molar-refractivity contribution in [3.63, 3.8) is 0 Å². The van der Waals surface area contributed by atoms with Crippen LogP contribution < -0.4 is 24.4 Å². The Morgan fingerprint density at radius 2 is 1.74 bits per heavy atom. The van der Waals surface area contributed by atoms with Gasteiger partial charge in [-0.25, -0.2) is 0 Å². The van der Waals surface area contributed by atoms with Gasteiger partial charge in [0.1, 0.15) is 19.0 Å². The van der Waals surface area contributed by atoms with Crippen molar-refractivity contribution in [2.75, 3.05) is 38.3 Å². The lowest BCUT2D eigenvalue weighted by Crippen LogP contribution is -2.24. The van der Waals surface area contributed by atoms with Crippen molar-refractivity contribution in [2.24, 2.45) is 0 Å². The summed E-state index contributed by atoms with van der Waals surface area (Å²) in [7, 11) is 1.60. The Kier molecular flexibility index (Phi) is 5.05. The highest BCUT2D eigenvalue weighted by molar-refractivity contribution is 5.94. The maximum atomic E-state index is 12.5. The fourth-order valence-corrected chi connectivity index (χ4v) is 3.52. The van der Waals surface area contributed by atoms with E-state index in [9.17, 15) is 4.79 Å². The molecule has 4 rings (SSSR count). The number of hydrogen-bond donors (Lipinski definition) is 1. The second kappa shape index (κ2) is 7.78. The average molecular weight is 368 g/mol. The normalized spacial score (nSPS) is 15.5. The molecule has 0 unspecified atom stereocenters. The van der Waals surface area contributed by atoms with Crippen LogP contribution in [0.3, 0.4) is 0 Å². The summed E-state index contributed by atoms with van der Waals surface area (Å²) in [6, 6.07) is 11.5. The molecule has 0 saturated carbocycles. The van der Waals surface area contributed by atoms with E-state index < -0.39 is 0 Å². The van der Waals surface area contributed by atoms with Crippen molar-refractivity contribution in [3.8, 4) is 17.2 Å². The van der Waals surface area contributed by atoms with Crippen LogP contribution in [-0.2, 0) is 6.54 Å². The summed E-state index contributed by atoms with van der Waals surface area (Å²) >= 11 is 0. The minimum atomic E-state index is -0.111. The molecular formula is C21H24N2O4. The van der Waals surface area contributed by atoms with Crippen molar-refractivity contribution in [3.05, 3.63) is 47.5 Å². The van der Waals surface area contributed by atoms with Crippen molar-refractivity contribution < 1.29 is 19.0 Å². The van der Waals surface area contributed by atoms with Gasteiger partial charge in [-0.1, -0.05) is 0 Å². The predicted molar refractivity (Wildman–Crippen MR) is 103 cm³/mol. The van der Waals surface area contributed by atoms with E-state index in [1.165, 1.54) is 18.5 Å². The van der Waals surface area contributed by atoms with Crippen LogP contribution in [0, 0.1) is 0 Å². The molecular weight excluding hydrogens is 344 g/mol. The number of carbonyl (C=O) groups is 1. The predicted octanol–water partition coefficient (Wildman–Crippen LogP) is 3.00. The first-order valence-corrected chi connectivity index (χ1v) is 9.34. The third-order valence-corrected chi connectivity index (χ3v) is 4.99. The number of nitrogens with zero attached hydrogens (tertiary/aromatic N) is 1. The molecule has 2 aliphatic heterocycles. The summed E-state index contributed by atoms with van der Waals surface area (Å²) in [6.45, 7) is 3.59. The summed E-state index contributed by atoms with van der Waals surface area (Å²) in [4.78, 5) is 14.9. The zero-order valence-corrected chi connectivity index (χ0v) is 15.5. The van der Waals surface area contributed by atoms with Gasteiger partial charge in [-0.2, -0.15) is 0 Å². The molecule has 6 heteroatoms. The monoisotopic (exact) mass is 368 g/mol. The van der Waals surface area contributed by atoms with Crippen LogP contribution >= 0.6 is 0 Å². The zero-order chi connectivity index (χ0) is 18.6. The second-order valence-corrected chi connectivity index (χ2v) is 6.73. The summed E-state index contributed by atoms with van der Waals surface area (Å²) in [5.41, 5.74) is 2.68. The fraction of sp³-hybridized carbons (Fsp3) is 0.381. The molecule has 0 atom stereocenters. The van der Waals surface area contributed by atoms with Gasteiger partial charge in [-0.15, -0.1) is 0 Å². The molecule has 0 aromatic heterocycles. The smallest absolute Gasteiger partial charge is 0.251 e. The van der Waals surface area contributed by atoms with Gasteiger partial charge in [0.2, 0.25) is 0 Å². The molecule has 1 amide bonds. The Labute approximate surface area is 159 Å². The molecule has 0 bridgehead atoms. The molecule has 0 radical (unpaired) electrons. The van der Waals surface area contributed by atoms with Crippen LogP contribution in [0.2, 0.25) is 0 Å². The minimum Gasteiger partial charge on any atom is -0.496 e. The Morgan fingerprint density at radius 3 is 2.41 bits per heavy atom. The average Bonchev–Trinajstić information content (AvgIpc) is 3.26. The molecule has 6 nitrogen and oxygen atoms in total. The fourth-order valence-electron chi connectivity index (χ4n) is 3.52. The minimum absolute atomic E-state index is 0.111. The van der Waals surface area contributed by atoms with E-state index >= 15 is 0 Å². The topological polar surface area (TPSA) is 60.0 Å². The van der Waals surface area contributed by atoms with Gasteiger partial charge in [0.05, 0.1) is 7.11 Å². The van der Waals surface area contributed by atoms with Crippen molar-refractivity contribution in [2.45, 2.75) is 19.4 Å². The van der Waals surface area contributed by atoms with Gasteiger partial charge in [-0.05, 0) is 43.2 Å². The van der Waals surface area contributed by atoms with E-state index in [1.54, 1.807) is 13.2 Å². The maximum absolute atomic E-state index is 12.5. The second-order valence-electron chi connectivity index (χ2n) is 6.73. The van der Waals surface area contributed by atoms with Crippen LogP contribution in [0.15, 0.2) is 36.4 Å². The first kappa shape index (κ1) is 17.5. The first-order valence-electron chi connectivity index (χ1n) is 9.34. The van der Waals surface area contributed by atoms with Crippen molar-refractivity contribution in [1.29, 1.82) is 0 Å². The van der Waals surface area contributed by atoms with Crippen LogP contribution in [-0.4, -0.2) is 39.3 Å². The summed E-state index contributed by atoms with van der Waals surface area (Å²) in [6.07, 6.45) is 2.47. The van der Waals surface area contributed by atoms with E-state index in [0.717, 1.165) is 18.7 Å². The van der Waals surface area contributed by atoms with Gasteiger partial charge < -0.3 is 24.4 Å². The number of hydrogen-bond acceptors (Lipinski definition) is 5. The number of rotatable bonds is 5. The lowest BCUT2D eigenvalue weighted by Gasteiger charge is -2.21. The maximum Gasteiger partial charge on any atom is 0.251 e. The SMILES string of the molecule is COc1cc2c(cc1CNC(=O)c1ccc(N3CCCC3)cc1)OCCO2. The van der Waals surface area contributed by atoms with Crippen molar-refractivity contribution in [1.82, 2.24) is 5.32 Å². The molecule has 0 aliphatic carbocycles. The van der Waals surface area contributed by atoms with Crippen LogP contribution in [0.25, 0.3) is 0 Å². The van der Waals surface area contributed by atoms with E-state index in [2.05, 4.69) is 10.2 Å². The Bertz CT molecular complexity index is 814. The third-order valence-electron chi connectivity index (χ3n) is 4.99. The largest absolute Gasteiger partial charge is 0.496 e. The molecule has 27 heavy (non-hydrogen) atoms. The van der Waals surface area contributed by atoms with Gasteiger partial charge in [-0.3, -0.25) is 4.79 Å². The number of nitrogens with one attached hydrogen (secondary N) is 1. The van der Waals surface area contributed by atoms with Crippen LogP contribution in [0.4, 0.5) is 5.69 Å². The number of fused-ring (bicyclic) bond motifs is 1. The number of anilines is 1. The molecule has 2 aliphatic rings. The molecule has 2 heterocycles. The summed E-state index contributed by atoms with van der Waals surface area (Å²) in [5.74, 6) is 1.91. The summed E-state index contributed by atoms with van der Waals surface area (Å²) in [5, 5.41) is 2.96. The lowest BCUT2D eigenvalue weighted by atomic mass is 10.1. The molecule has 2 aromatic rings. The number of amides is 1. The molecule has 1 N–H and O–H groups in total. The zero-order valence-electron chi connectivity index (χ0n) is 15.5. The van der Waals surface area contributed by atoms with E-state index in [-0.39, 0.29) is 5.91 Å². The number of benzene rings is 2. The number of methoxy groups -OCH3 is 1. The van der Waals surface area contributed by atoms with Gasteiger partial charge in [0, 0.05) is 42.5 Å². The van der Waals surface area contributed by atoms with Gasteiger partial charge in [0.25, 0.3) is 5.91 Å².